The van der Waals surface area contributed by atoms with Crippen molar-refractivity contribution in [2.24, 2.45) is 0 Å². The van der Waals surface area contributed by atoms with Crippen molar-refractivity contribution in [3.05, 3.63) is 89.5 Å². The van der Waals surface area contributed by atoms with E-state index in [2.05, 4.69) is 10.6 Å². The normalized spacial score (nSPS) is 13.7. The summed E-state index contributed by atoms with van der Waals surface area (Å²) in [6, 6.07) is 20.3. The standard InChI is InChI=1S/C34H38N2O7/c1-21(35-33(41)42-20-28-26-11-7-5-9-24(26)25-10-6-8-12-27(25)28)32(40)36-29(19-22-13-15-23(37)16-14-22)30(38)17-18-31(39)43-34(2,3)4/h5-16,21,28-29,37H,17-20H2,1-4H3,(H,35,41)(H,36,40)/t21-,29-/m0/s1. The Bertz CT molecular complexity index is 1430. The molecule has 0 saturated carbocycles. The highest BCUT2D eigenvalue weighted by atomic mass is 16.6. The Morgan fingerprint density at radius 1 is 0.837 bits per heavy atom. The van der Waals surface area contributed by atoms with E-state index in [0.717, 1.165) is 22.3 Å². The molecule has 0 bridgehead atoms. The van der Waals surface area contributed by atoms with E-state index in [1.54, 1.807) is 32.9 Å². The Balaban J connectivity index is 1.35. The molecule has 2 atom stereocenters. The zero-order valence-corrected chi connectivity index (χ0v) is 24.9. The molecule has 226 valence electrons. The van der Waals surface area contributed by atoms with Crippen LogP contribution in [0.3, 0.4) is 0 Å². The van der Waals surface area contributed by atoms with Crippen molar-refractivity contribution in [2.75, 3.05) is 6.61 Å². The third-order valence-electron chi connectivity index (χ3n) is 7.15. The molecule has 0 radical (unpaired) electrons. The fourth-order valence-corrected chi connectivity index (χ4v) is 5.08. The number of alkyl carbamates (subject to hydrolysis) is 1. The minimum Gasteiger partial charge on any atom is -0.508 e. The predicted octanol–water partition coefficient (Wildman–Crippen LogP) is 5.04. The number of esters is 1. The van der Waals surface area contributed by atoms with Crippen molar-refractivity contribution in [2.45, 2.75) is 70.6 Å². The average molecular weight is 587 g/mol. The minimum atomic E-state index is -1.00. The molecule has 9 heteroatoms. The van der Waals surface area contributed by atoms with E-state index in [-0.39, 0.29) is 43.3 Å². The van der Waals surface area contributed by atoms with Crippen molar-refractivity contribution >= 4 is 23.8 Å². The first-order valence-corrected chi connectivity index (χ1v) is 14.4. The zero-order valence-electron chi connectivity index (χ0n) is 24.9. The van der Waals surface area contributed by atoms with E-state index in [0.29, 0.717) is 5.56 Å². The van der Waals surface area contributed by atoms with Crippen LogP contribution < -0.4 is 10.6 Å². The number of hydrogen-bond acceptors (Lipinski definition) is 7. The molecule has 0 saturated heterocycles. The molecule has 0 unspecified atom stereocenters. The van der Waals surface area contributed by atoms with Gasteiger partial charge in [0.15, 0.2) is 5.78 Å². The molecule has 3 aromatic carbocycles. The van der Waals surface area contributed by atoms with E-state index in [9.17, 15) is 24.3 Å². The monoisotopic (exact) mass is 586 g/mol. The lowest BCUT2D eigenvalue weighted by Gasteiger charge is -2.22. The summed E-state index contributed by atoms with van der Waals surface area (Å²) in [7, 11) is 0. The summed E-state index contributed by atoms with van der Waals surface area (Å²) in [5, 5.41) is 14.9. The van der Waals surface area contributed by atoms with E-state index in [1.165, 1.54) is 19.1 Å². The molecule has 0 aliphatic heterocycles. The van der Waals surface area contributed by atoms with Gasteiger partial charge in [-0.3, -0.25) is 14.4 Å². The van der Waals surface area contributed by atoms with Gasteiger partial charge in [-0.05, 0) is 74.1 Å². The quantitative estimate of drug-likeness (QED) is 0.268. The van der Waals surface area contributed by atoms with Crippen LogP contribution in [0.4, 0.5) is 4.79 Å². The van der Waals surface area contributed by atoms with Gasteiger partial charge in [0.25, 0.3) is 0 Å². The maximum atomic E-state index is 13.1. The molecule has 43 heavy (non-hydrogen) atoms. The van der Waals surface area contributed by atoms with E-state index in [1.807, 2.05) is 48.5 Å². The Morgan fingerprint density at radius 3 is 2.00 bits per heavy atom. The van der Waals surface area contributed by atoms with Crippen LogP contribution in [0.25, 0.3) is 11.1 Å². The van der Waals surface area contributed by atoms with Crippen LogP contribution in [0, 0.1) is 0 Å². The van der Waals surface area contributed by atoms with E-state index in [4.69, 9.17) is 9.47 Å². The van der Waals surface area contributed by atoms with Gasteiger partial charge in [0, 0.05) is 12.3 Å². The number of carbonyl (C=O) groups excluding carboxylic acids is 4. The van der Waals surface area contributed by atoms with E-state index >= 15 is 0 Å². The van der Waals surface area contributed by atoms with Crippen LogP contribution in [-0.2, 0) is 30.3 Å². The number of fused-ring (bicyclic) bond motifs is 3. The fraction of sp³-hybridized carbons (Fsp3) is 0.353. The average Bonchev–Trinajstić information content (AvgIpc) is 3.28. The smallest absolute Gasteiger partial charge is 0.407 e. The highest BCUT2D eigenvalue weighted by Gasteiger charge is 2.30. The number of ether oxygens (including phenoxy) is 2. The Kier molecular flexibility index (Phi) is 9.85. The number of phenols is 1. The third kappa shape index (κ3) is 8.44. The summed E-state index contributed by atoms with van der Waals surface area (Å²) in [4.78, 5) is 51.1. The van der Waals surface area contributed by atoms with Gasteiger partial charge in [0.05, 0.1) is 12.5 Å². The molecule has 0 spiro atoms. The molecular weight excluding hydrogens is 548 g/mol. The molecular formula is C34H38N2O7. The summed E-state index contributed by atoms with van der Waals surface area (Å²) in [6.07, 6.45) is -0.884. The van der Waals surface area contributed by atoms with Crippen molar-refractivity contribution in [1.29, 1.82) is 0 Å². The number of nitrogens with one attached hydrogen (secondary N) is 2. The minimum absolute atomic E-state index is 0.0708. The summed E-state index contributed by atoms with van der Waals surface area (Å²) in [6.45, 7) is 6.82. The van der Waals surface area contributed by atoms with Gasteiger partial charge in [0.2, 0.25) is 5.91 Å². The van der Waals surface area contributed by atoms with Crippen LogP contribution in [0.2, 0.25) is 0 Å². The Labute approximate surface area is 251 Å². The van der Waals surface area contributed by atoms with Crippen molar-refractivity contribution in [3.63, 3.8) is 0 Å². The van der Waals surface area contributed by atoms with Crippen molar-refractivity contribution < 1.29 is 33.8 Å². The fourth-order valence-electron chi connectivity index (χ4n) is 5.08. The first kappa shape index (κ1) is 31.3. The van der Waals surface area contributed by atoms with Crippen molar-refractivity contribution in [3.8, 4) is 16.9 Å². The van der Waals surface area contributed by atoms with Crippen LogP contribution >= 0.6 is 0 Å². The summed E-state index contributed by atoms with van der Waals surface area (Å²) in [5.41, 5.74) is 4.38. The van der Waals surface area contributed by atoms with E-state index < -0.39 is 35.7 Å². The van der Waals surface area contributed by atoms with Crippen molar-refractivity contribution in [1.82, 2.24) is 10.6 Å². The summed E-state index contributed by atoms with van der Waals surface area (Å²) < 4.78 is 10.8. The molecule has 3 aromatic rings. The molecule has 3 N–H and O–H groups in total. The molecule has 0 aromatic heterocycles. The van der Waals surface area contributed by atoms with Gasteiger partial charge in [0.1, 0.15) is 24.0 Å². The first-order valence-electron chi connectivity index (χ1n) is 14.4. The maximum absolute atomic E-state index is 13.1. The number of phenolic OH excluding ortho intramolecular Hbond substituents is 1. The van der Waals surface area contributed by atoms with Gasteiger partial charge in [-0.2, -0.15) is 0 Å². The largest absolute Gasteiger partial charge is 0.508 e. The number of ketones is 1. The second kappa shape index (κ2) is 13.5. The second-order valence-corrected chi connectivity index (χ2v) is 11.7. The lowest BCUT2D eigenvalue weighted by Crippen LogP contribution is -2.51. The summed E-state index contributed by atoms with van der Waals surface area (Å²) in [5.74, 6) is -1.51. The number of carbonyl (C=O) groups is 4. The third-order valence-corrected chi connectivity index (χ3v) is 7.15. The van der Waals surface area contributed by atoms with Crippen LogP contribution in [0.5, 0.6) is 5.75 Å². The number of amides is 2. The second-order valence-electron chi connectivity index (χ2n) is 11.7. The number of benzene rings is 3. The van der Waals surface area contributed by atoms with Gasteiger partial charge in [-0.15, -0.1) is 0 Å². The number of rotatable bonds is 11. The Hall–Kier alpha value is -4.66. The highest BCUT2D eigenvalue weighted by molar-refractivity contribution is 5.93. The van der Waals surface area contributed by atoms with Gasteiger partial charge < -0.3 is 25.2 Å². The predicted molar refractivity (Wildman–Crippen MR) is 161 cm³/mol. The highest BCUT2D eigenvalue weighted by Crippen LogP contribution is 2.44. The van der Waals surface area contributed by atoms with Crippen LogP contribution in [0.15, 0.2) is 72.8 Å². The molecule has 0 fully saturated rings. The van der Waals surface area contributed by atoms with Crippen LogP contribution in [-0.4, -0.2) is 53.2 Å². The first-order chi connectivity index (χ1) is 20.4. The maximum Gasteiger partial charge on any atom is 0.407 e. The molecule has 1 aliphatic rings. The number of aromatic hydroxyl groups is 1. The molecule has 9 nitrogen and oxygen atoms in total. The molecule has 1 aliphatic carbocycles. The van der Waals surface area contributed by atoms with Gasteiger partial charge in [-0.25, -0.2) is 4.79 Å². The number of Topliss-reactive ketones (excluding diaryl/α,β-unsaturated/α-hetero) is 1. The molecule has 4 rings (SSSR count). The zero-order chi connectivity index (χ0) is 31.1. The summed E-state index contributed by atoms with van der Waals surface area (Å²) >= 11 is 0. The lowest BCUT2D eigenvalue weighted by atomic mass is 9.98. The SMILES string of the molecule is C[C@H](NC(=O)OCC1c2ccccc2-c2ccccc21)C(=O)N[C@@H](Cc1ccc(O)cc1)C(=O)CCC(=O)OC(C)(C)C. The number of hydrogen-bond donors (Lipinski definition) is 3. The topological polar surface area (TPSA) is 131 Å². The molecule has 2 amide bonds. The van der Waals surface area contributed by atoms with Crippen LogP contribution in [0.1, 0.15) is 63.1 Å². The Morgan fingerprint density at radius 2 is 1.42 bits per heavy atom. The molecule has 0 heterocycles. The lowest BCUT2D eigenvalue weighted by molar-refractivity contribution is -0.155. The van der Waals surface area contributed by atoms with Gasteiger partial charge >= 0.3 is 12.1 Å². The van der Waals surface area contributed by atoms with Gasteiger partial charge in [-0.1, -0.05) is 60.7 Å².